The molecule has 0 bridgehead atoms. The molecule has 2 aromatic rings. The van der Waals surface area contributed by atoms with Crippen LogP contribution in [0.25, 0.3) is 0 Å². The van der Waals surface area contributed by atoms with Gasteiger partial charge in [0.25, 0.3) is 0 Å². The van der Waals surface area contributed by atoms with Gasteiger partial charge in [-0.2, -0.15) is 0 Å². The molecule has 2 aromatic carbocycles. The molecule has 24 heavy (non-hydrogen) atoms. The molecule has 3 rings (SSSR count). The van der Waals surface area contributed by atoms with Gasteiger partial charge in [0, 0.05) is 19.5 Å². The molecule has 1 saturated heterocycles. The molecular formula is C20H23NO3. The second-order valence-electron chi connectivity index (χ2n) is 5.84. The SMILES string of the molecule is CCOC(=O)N1CCOC(c2ccccc2)(c2ccccc2)CC1. The number of carbonyl (C=O) groups excluding carboxylic acids is 1. The highest BCUT2D eigenvalue weighted by Gasteiger charge is 2.38. The van der Waals surface area contributed by atoms with Crippen LogP contribution in [0.2, 0.25) is 0 Å². The zero-order valence-electron chi connectivity index (χ0n) is 14.0. The van der Waals surface area contributed by atoms with E-state index in [1.165, 1.54) is 0 Å². The van der Waals surface area contributed by atoms with Crippen molar-refractivity contribution in [1.82, 2.24) is 4.90 Å². The topological polar surface area (TPSA) is 38.8 Å². The van der Waals surface area contributed by atoms with Gasteiger partial charge in [0.1, 0.15) is 5.60 Å². The summed E-state index contributed by atoms with van der Waals surface area (Å²) >= 11 is 0. The van der Waals surface area contributed by atoms with Crippen molar-refractivity contribution in [3.63, 3.8) is 0 Å². The maximum Gasteiger partial charge on any atom is 0.409 e. The molecule has 1 heterocycles. The molecule has 0 aromatic heterocycles. The summed E-state index contributed by atoms with van der Waals surface area (Å²) in [5.41, 5.74) is 1.69. The third-order valence-corrected chi connectivity index (χ3v) is 4.45. The maximum absolute atomic E-state index is 12.1. The van der Waals surface area contributed by atoms with Crippen LogP contribution >= 0.6 is 0 Å². The predicted molar refractivity (Wildman–Crippen MR) is 92.8 cm³/mol. The Morgan fingerprint density at radius 1 is 1.04 bits per heavy atom. The number of hydrogen-bond acceptors (Lipinski definition) is 3. The summed E-state index contributed by atoms with van der Waals surface area (Å²) in [6.45, 7) is 3.83. The molecule has 1 fully saturated rings. The van der Waals surface area contributed by atoms with Gasteiger partial charge in [-0.15, -0.1) is 0 Å². The second-order valence-corrected chi connectivity index (χ2v) is 5.84. The van der Waals surface area contributed by atoms with Crippen LogP contribution in [-0.2, 0) is 15.1 Å². The first-order valence-electron chi connectivity index (χ1n) is 8.43. The average Bonchev–Trinajstić information content (AvgIpc) is 2.87. The first kappa shape index (κ1) is 16.5. The maximum atomic E-state index is 12.1. The molecule has 1 amide bonds. The summed E-state index contributed by atoms with van der Waals surface area (Å²) in [5, 5.41) is 0. The Balaban J connectivity index is 1.94. The fourth-order valence-corrected chi connectivity index (χ4v) is 3.24. The van der Waals surface area contributed by atoms with E-state index in [2.05, 4.69) is 24.3 Å². The van der Waals surface area contributed by atoms with Crippen LogP contribution in [0.3, 0.4) is 0 Å². The van der Waals surface area contributed by atoms with Gasteiger partial charge in [-0.3, -0.25) is 0 Å². The van der Waals surface area contributed by atoms with E-state index < -0.39 is 5.60 Å². The summed E-state index contributed by atoms with van der Waals surface area (Å²) in [5.74, 6) is 0. The third kappa shape index (κ3) is 3.29. The fourth-order valence-electron chi connectivity index (χ4n) is 3.24. The molecule has 0 aliphatic carbocycles. The molecule has 0 unspecified atom stereocenters. The van der Waals surface area contributed by atoms with Crippen molar-refractivity contribution in [3.8, 4) is 0 Å². The molecule has 0 N–H and O–H groups in total. The van der Waals surface area contributed by atoms with Gasteiger partial charge < -0.3 is 14.4 Å². The van der Waals surface area contributed by atoms with Gasteiger partial charge in [0.2, 0.25) is 0 Å². The lowest BCUT2D eigenvalue weighted by Gasteiger charge is -2.33. The highest BCUT2D eigenvalue weighted by Crippen LogP contribution is 2.38. The minimum Gasteiger partial charge on any atom is -0.450 e. The van der Waals surface area contributed by atoms with Crippen molar-refractivity contribution in [3.05, 3.63) is 71.8 Å². The van der Waals surface area contributed by atoms with Crippen molar-refractivity contribution in [2.75, 3.05) is 26.3 Å². The average molecular weight is 325 g/mol. The Labute approximate surface area is 143 Å². The van der Waals surface area contributed by atoms with Gasteiger partial charge in [-0.25, -0.2) is 4.79 Å². The number of rotatable bonds is 3. The number of nitrogens with zero attached hydrogens (tertiary/aromatic N) is 1. The lowest BCUT2D eigenvalue weighted by Crippen LogP contribution is -2.35. The lowest BCUT2D eigenvalue weighted by atomic mass is 9.83. The summed E-state index contributed by atoms with van der Waals surface area (Å²) in [7, 11) is 0. The lowest BCUT2D eigenvalue weighted by molar-refractivity contribution is -0.0101. The van der Waals surface area contributed by atoms with Crippen LogP contribution in [0.1, 0.15) is 24.5 Å². The zero-order chi connectivity index (χ0) is 16.8. The van der Waals surface area contributed by atoms with Crippen LogP contribution in [0.5, 0.6) is 0 Å². The summed E-state index contributed by atoms with van der Waals surface area (Å²) in [6, 6.07) is 20.5. The summed E-state index contributed by atoms with van der Waals surface area (Å²) < 4.78 is 11.5. The highest BCUT2D eigenvalue weighted by atomic mass is 16.6. The number of amides is 1. The van der Waals surface area contributed by atoms with Gasteiger partial charge in [-0.1, -0.05) is 60.7 Å². The van der Waals surface area contributed by atoms with Crippen LogP contribution < -0.4 is 0 Å². The number of ether oxygens (including phenoxy) is 2. The smallest absolute Gasteiger partial charge is 0.409 e. The van der Waals surface area contributed by atoms with Crippen LogP contribution in [0.15, 0.2) is 60.7 Å². The van der Waals surface area contributed by atoms with Crippen LogP contribution in [-0.4, -0.2) is 37.3 Å². The van der Waals surface area contributed by atoms with E-state index in [1.54, 1.807) is 4.90 Å². The van der Waals surface area contributed by atoms with E-state index in [9.17, 15) is 4.79 Å². The molecular weight excluding hydrogens is 302 g/mol. The minimum atomic E-state index is -0.538. The zero-order valence-corrected chi connectivity index (χ0v) is 14.0. The Morgan fingerprint density at radius 3 is 2.17 bits per heavy atom. The number of hydrogen-bond donors (Lipinski definition) is 0. The standard InChI is InChI=1S/C20H23NO3/c1-2-23-19(22)21-14-13-20(24-16-15-21,17-9-5-3-6-10-17)18-11-7-4-8-12-18/h3-12H,2,13-16H2,1H3. The van der Waals surface area contributed by atoms with Crippen molar-refractivity contribution in [2.45, 2.75) is 18.9 Å². The monoisotopic (exact) mass is 325 g/mol. The second kappa shape index (κ2) is 7.49. The van der Waals surface area contributed by atoms with E-state index in [4.69, 9.17) is 9.47 Å². The van der Waals surface area contributed by atoms with Crippen molar-refractivity contribution < 1.29 is 14.3 Å². The summed E-state index contributed by atoms with van der Waals surface area (Å²) in [6.07, 6.45) is 0.429. The molecule has 126 valence electrons. The quantitative estimate of drug-likeness (QED) is 0.861. The van der Waals surface area contributed by atoms with Gasteiger partial charge >= 0.3 is 6.09 Å². The van der Waals surface area contributed by atoms with Gasteiger partial charge in [-0.05, 0) is 18.1 Å². The summed E-state index contributed by atoms with van der Waals surface area (Å²) in [4.78, 5) is 13.8. The molecule has 0 atom stereocenters. The highest BCUT2D eigenvalue weighted by molar-refractivity contribution is 5.67. The van der Waals surface area contributed by atoms with Crippen molar-refractivity contribution in [1.29, 1.82) is 0 Å². The predicted octanol–water partition coefficient (Wildman–Crippen LogP) is 3.81. The van der Waals surface area contributed by atoms with Crippen LogP contribution in [0.4, 0.5) is 4.79 Å². The molecule has 0 spiro atoms. The first-order chi connectivity index (χ1) is 11.8. The largest absolute Gasteiger partial charge is 0.450 e. The van der Waals surface area contributed by atoms with E-state index in [0.717, 1.165) is 11.1 Å². The molecule has 4 heteroatoms. The molecule has 1 aliphatic rings. The molecule has 1 aliphatic heterocycles. The van der Waals surface area contributed by atoms with Gasteiger partial charge in [0.05, 0.1) is 13.2 Å². The Hall–Kier alpha value is -2.33. The van der Waals surface area contributed by atoms with E-state index in [-0.39, 0.29) is 6.09 Å². The number of carbonyl (C=O) groups is 1. The molecule has 0 radical (unpaired) electrons. The fraction of sp³-hybridized carbons (Fsp3) is 0.350. The Kier molecular flexibility index (Phi) is 5.16. The molecule has 4 nitrogen and oxygen atoms in total. The van der Waals surface area contributed by atoms with E-state index in [0.29, 0.717) is 32.7 Å². The van der Waals surface area contributed by atoms with Gasteiger partial charge in [0.15, 0.2) is 0 Å². The van der Waals surface area contributed by atoms with E-state index in [1.807, 2.05) is 43.3 Å². The van der Waals surface area contributed by atoms with Crippen molar-refractivity contribution >= 4 is 6.09 Å². The number of benzene rings is 2. The molecule has 0 saturated carbocycles. The third-order valence-electron chi connectivity index (χ3n) is 4.45. The Morgan fingerprint density at radius 2 is 1.62 bits per heavy atom. The minimum absolute atomic E-state index is 0.266. The Bertz CT molecular complexity index is 618. The first-order valence-corrected chi connectivity index (χ1v) is 8.43. The van der Waals surface area contributed by atoms with Crippen molar-refractivity contribution in [2.24, 2.45) is 0 Å². The van der Waals surface area contributed by atoms with E-state index >= 15 is 0 Å². The van der Waals surface area contributed by atoms with Crippen LogP contribution in [0, 0.1) is 0 Å². The normalized spacial score (nSPS) is 17.1.